The summed E-state index contributed by atoms with van der Waals surface area (Å²) in [5.74, 6) is 0.0957. The largest absolute Gasteiger partial charge is 0.497 e. The molecule has 2 amide bonds. The zero-order valence-corrected chi connectivity index (χ0v) is 16.1. The van der Waals surface area contributed by atoms with Crippen molar-refractivity contribution < 1.29 is 14.3 Å². The fourth-order valence-corrected chi connectivity index (χ4v) is 2.56. The molecular formula is C19H20BrN3O3. The van der Waals surface area contributed by atoms with Crippen molar-refractivity contribution in [3.8, 4) is 5.75 Å². The highest BCUT2D eigenvalue weighted by molar-refractivity contribution is 9.10. The van der Waals surface area contributed by atoms with Gasteiger partial charge in [0.2, 0.25) is 5.91 Å². The number of carbonyl (C=O) groups excluding carboxylic acids is 2. The third-order valence-electron chi connectivity index (χ3n) is 3.53. The lowest BCUT2D eigenvalue weighted by molar-refractivity contribution is -0.128. The zero-order chi connectivity index (χ0) is 18.9. The van der Waals surface area contributed by atoms with Gasteiger partial charge in [-0.3, -0.25) is 9.59 Å². The Kier molecular flexibility index (Phi) is 7.35. The summed E-state index contributed by atoms with van der Waals surface area (Å²) in [5, 5.41) is 6.55. The summed E-state index contributed by atoms with van der Waals surface area (Å²) in [6, 6.07) is 14.0. The molecule has 2 aromatic carbocycles. The second kappa shape index (κ2) is 9.72. The quantitative estimate of drug-likeness (QED) is 0.536. The van der Waals surface area contributed by atoms with E-state index in [1.165, 1.54) is 6.21 Å². The van der Waals surface area contributed by atoms with Crippen LogP contribution in [0.4, 0.5) is 0 Å². The SMILES string of the molecule is COc1ccc(CC(=O)NC(C)C(=O)NN=Cc2cccc(Br)c2)cc1. The van der Waals surface area contributed by atoms with Gasteiger partial charge < -0.3 is 10.1 Å². The van der Waals surface area contributed by atoms with E-state index in [1.807, 2.05) is 36.4 Å². The van der Waals surface area contributed by atoms with Gasteiger partial charge in [-0.15, -0.1) is 0 Å². The van der Waals surface area contributed by atoms with Crippen molar-refractivity contribution in [3.05, 3.63) is 64.1 Å². The highest BCUT2D eigenvalue weighted by Crippen LogP contribution is 2.12. The van der Waals surface area contributed by atoms with E-state index >= 15 is 0 Å². The molecule has 0 spiro atoms. The van der Waals surface area contributed by atoms with E-state index in [2.05, 4.69) is 31.8 Å². The Morgan fingerprint density at radius 2 is 1.96 bits per heavy atom. The van der Waals surface area contributed by atoms with Crippen LogP contribution in [0.3, 0.4) is 0 Å². The first-order valence-corrected chi connectivity index (χ1v) is 8.78. The predicted octanol–water partition coefficient (Wildman–Crippen LogP) is 2.66. The molecule has 0 radical (unpaired) electrons. The summed E-state index contributed by atoms with van der Waals surface area (Å²) in [4.78, 5) is 24.1. The van der Waals surface area contributed by atoms with Gasteiger partial charge in [-0.05, 0) is 42.3 Å². The van der Waals surface area contributed by atoms with E-state index < -0.39 is 6.04 Å². The lowest BCUT2D eigenvalue weighted by atomic mass is 10.1. The molecular weight excluding hydrogens is 398 g/mol. The molecule has 0 fully saturated rings. The minimum absolute atomic E-state index is 0.183. The van der Waals surface area contributed by atoms with Crippen molar-refractivity contribution in [2.24, 2.45) is 5.10 Å². The zero-order valence-electron chi connectivity index (χ0n) is 14.5. The number of hydrogen-bond acceptors (Lipinski definition) is 4. The average Bonchev–Trinajstić information content (AvgIpc) is 2.62. The van der Waals surface area contributed by atoms with Gasteiger partial charge in [0.15, 0.2) is 0 Å². The molecule has 0 bridgehead atoms. The maximum atomic E-state index is 12.0. The van der Waals surface area contributed by atoms with E-state index in [0.29, 0.717) is 0 Å². The normalized spacial score (nSPS) is 11.8. The van der Waals surface area contributed by atoms with E-state index in [9.17, 15) is 9.59 Å². The van der Waals surface area contributed by atoms with E-state index in [4.69, 9.17) is 4.74 Å². The van der Waals surface area contributed by atoms with Crippen molar-refractivity contribution >= 4 is 34.0 Å². The second-order valence-corrected chi connectivity index (χ2v) is 6.52. The summed E-state index contributed by atoms with van der Waals surface area (Å²) in [7, 11) is 1.58. The van der Waals surface area contributed by atoms with Crippen LogP contribution in [0, 0.1) is 0 Å². The number of halogens is 1. The molecule has 2 rings (SSSR count). The maximum Gasteiger partial charge on any atom is 0.262 e. The fraction of sp³-hybridized carbons (Fsp3) is 0.211. The molecule has 0 aliphatic carbocycles. The van der Waals surface area contributed by atoms with Crippen molar-refractivity contribution in [2.45, 2.75) is 19.4 Å². The van der Waals surface area contributed by atoms with Gasteiger partial charge in [-0.1, -0.05) is 40.2 Å². The fourth-order valence-electron chi connectivity index (χ4n) is 2.14. The van der Waals surface area contributed by atoms with Crippen molar-refractivity contribution in [2.75, 3.05) is 7.11 Å². The van der Waals surface area contributed by atoms with E-state index in [0.717, 1.165) is 21.3 Å². The highest BCUT2D eigenvalue weighted by atomic mass is 79.9. The minimum Gasteiger partial charge on any atom is -0.497 e. The van der Waals surface area contributed by atoms with Gasteiger partial charge in [0.05, 0.1) is 19.7 Å². The van der Waals surface area contributed by atoms with Crippen LogP contribution < -0.4 is 15.5 Å². The number of rotatable bonds is 7. The van der Waals surface area contributed by atoms with Crippen molar-refractivity contribution in [1.82, 2.24) is 10.7 Å². The summed E-state index contributed by atoms with van der Waals surface area (Å²) in [6.45, 7) is 1.61. The number of methoxy groups -OCH3 is 1. The lowest BCUT2D eigenvalue weighted by Gasteiger charge is -2.12. The van der Waals surface area contributed by atoms with Crippen molar-refractivity contribution in [1.29, 1.82) is 0 Å². The average molecular weight is 418 g/mol. The molecule has 1 unspecified atom stereocenters. The standard InChI is InChI=1S/C19H20BrN3O3/c1-13(19(25)23-21-12-15-4-3-5-16(20)10-15)22-18(24)11-14-6-8-17(26-2)9-7-14/h3-10,12-13H,11H2,1-2H3,(H,22,24)(H,23,25). The van der Waals surface area contributed by atoms with Crippen LogP contribution in [0.2, 0.25) is 0 Å². The van der Waals surface area contributed by atoms with Crippen LogP contribution in [0.1, 0.15) is 18.1 Å². The van der Waals surface area contributed by atoms with Gasteiger partial charge in [0.25, 0.3) is 5.91 Å². The number of carbonyl (C=O) groups is 2. The molecule has 2 aromatic rings. The topological polar surface area (TPSA) is 79.8 Å². The highest BCUT2D eigenvalue weighted by Gasteiger charge is 2.15. The number of benzene rings is 2. The molecule has 0 aromatic heterocycles. The predicted molar refractivity (Wildman–Crippen MR) is 104 cm³/mol. The molecule has 0 saturated heterocycles. The Bertz CT molecular complexity index is 791. The maximum absolute atomic E-state index is 12.0. The Hall–Kier alpha value is -2.67. The summed E-state index contributed by atoms with van der Waals surface area (Å²) >= 11 is 3.36. The molecule has 7 heteroatoms. The Morgan fingerprint density at radius 3 is 2.62 bits per heavy atom. The lowest BCUT2D eigenvalue weighted by Crippen LogP contribution is -2.43. The second-order valence-electron chi connectivity index (χ2n) is 5.60. The monoisotopic (exact) mass is 417 g/mol. The van der Waals surface area contributed by atoms with Crippen LogP contribution in [0.25, 0.3) is 0 Å². The molecule has 6 nitrogen and oxygen atoms in total. The van der Waals surface area contributed by atoms with E-state index in [-0.39, 0.29) is 18.2 Å². The first kappa shape index (κ1) is 19.7. The van der Waals surface area contributed by atoms with Crippen LogP contribution in [-0.2, 0) is 16.0 Å². The van der Waals surface area contributed by atoms with Gasteiger partial charge in [0, 0.05) is 4.47 Å². The molecule has 1 atom stereocenters. The molecule has 0 heterocycles. The smallest absolute Gasteiger partial charge is 0.262 e. The molecule has 0 saturated carbocycles. The number of ether oxygens (including phenoxy) is 1. The number of hydrazone groups is 1. The Morgan fingerprint density at radius 1 is 1.23 bits per heavy atom. The van der Waals surface area contributed by atoms with Crippen LogP contribution >= 0.6 is 15.9 Å². The summed E-state index contributed by atoms with van der Waals surface area (Å²) in [6.07, 6.45) is 1.72. The number of nitrogens with one attached hydrogen (secondary N) is 2. The third-order valence-corrected chi connectivity index (χ3v) is 4.02. The molecule has 2 N–H and O–H groups in total. The van der Waals surface area contributed by atoms with Crippen LogP contribution in [0.5, 0.6) is 5.75 Å². The minimum atomic E-state index is -0.694. The molecule has 0 aliphatic rings. The number of nitrogens with zero attached hydrogens (tertiary/aromatic N) is 1. The molecule has 136 valence electrons. The molecule has 26 heavy (non-hydrogen) atoms. The van der Waals surface area contributed by atoms with Gasteiger partial charge in [-0.25, -0.2) is 5.43 Å². The Labute approximate surface area is 160 Å². The first-order chi connectivity index (χ1) is 12.5. The van der Waals surface area contributed by atoms with Crippen LogP contribution in [0.15, 0.2) is 58.1 Å². The van der Waals surface area contributed by atoms with Crippen LogP contribution in [-0.4, -0.2) is 31.2 Å². The van der Waals surface area contributed by atoms with Gasteiger partial charge >= 0.3 is 0 Å². The Balaban J connectivity index is 1.80. The van der Waals surface area contributed by atoms with Gasteiger partial charge in [-0.2, -0.15) is 5.10 Å². The summed E-state index contributed by atoms with van der Waals surface area (Å²) in [5.41, 5.74) is 4.10. The molecule has 0 aliphatic heterocycles. The number of amides is 2. The first-order valence-electron chi connectivity index (χ1n) is 7.98. The number of hydrogen-bond donors (Lipinski definition) is 2. The third kappa shape index (κ3) is 6.33. The van der Waals surface area contributed by atoms with Crippen molar-refractivity contribution in [3.63, 3.8) is 0 Å². The van der Waals surface area contributed by atoms with E-state index in [1.54, 1.807) is 26.2 Å². The summed E-state index contributed by atoms with van der Waals surface area (Å²) < 4.78 is 6.00. The van der Waals surface area contributed by atoms with Gasteiger partial charge in [0.1, 0.15) is 11.8 Å².